The van der Waals surface area contributed by atoms with Crippen LogP contribution in [0.3, 0.4) is 0 Å². The summed E-state index contributed by atoms with van der Waals surface area (Å²) < 4.78 is 0. The van der Waals surface area contributed by atoms with Crippen LogP contribution in [0.1, 0.15) is 76.9 Å². The molecule has 41 heavy (non-hydrogen) atoms. The van der Waals surface area contributed by atoms with Gasteiger partial charge in [-0.2, -0.15) is 0 Å². The molecule has 11 nitrogen and oxygen atoms in total. The fourth-order valence-electron chi connectivity index (χ4n) is 8.30. The lowest BCUT2D eigenvalue weighted by molar-refractivity contribution is -0.146. The molecule has 0 unspecified atom stereocenters. The molecule has 3 fully saturated rings. The van der Waals surface area contributed by atoms with E-state index < -0.39 is 35.9 Å². The van der Waals surface area contributed by atoms with Crippen LogP contribution in [0, 0.1) is 33.8 Å². The van der Waals surface area contributed by atoms with Crippen molar-refractivity contribution in [3.05, 3.63) is 46.7 Å². The molecule has 5 N–H and O–H groups in total. The summed E-state index contributed by atoms with van der Waals surface area (Å²) in [6, 6.07) is 3.45. The molecule has 224 valence electrons. The summed E-state index contributed by atoms with van der Waals surface area (Å²) in [6.45, 7) is 4.13. The maximum atomic E-state index is 12.5. The van der Waals surface area contributed by atoms with Crippen molar-refractivity contribution >= 4 is 23.3 Å². The Labute approximate surface area is 239 Å². The Morgan fingerprint density at radius 1 is 1.17 bits per heavy atom. The molecule has 11 heteroatoms. The molecule has 0 bridgehead atoms. The van der Waals surface area contributed by atoms with E-state index in [1.54, 1.807) is 0 Å². The Hall–Kier alpha value is -2.99. The minimum absolute atomic E-state index is 0.0320. The first-order chi connectivity index (χ1) is 19.4. The van der Waals surface area contributed by atoms with Crippen LogP contribution in [0.15, 0.2) is 41.1 Å². The third-order valence-corrected chi connectivity index (χ3v) is 10.6. The number of aliphatic carboxylic acids is 1. The number of rotatable bonds is 8. The number of aliphatic hydroxyl groups is 2. The molecule has 1 aromatic carbocycles. The van der Waals surface area contributed by atoms with E-state index in [1.165, 1.54) is 23.8 Å². The minimum atomic E-state index is -1.71. The number of hydrogen-bond acceptors (Lipinski definition) is 9. The normalized spacial score (nSPS) is 34.9. The topological polar surface area (TPSA) is 175 Å². The number of nitrogens with one attached hydrogen (secondary N) is 1. The van der Waals surface area contributed by atoms with E-state index in [-0.39, 0.29) is 28.2 Å². The molecule has 0 spiro atoms. The Kier molecular flexibility index (Phi) is 8.17. The smallest absolute Gasteiger partial charge is 0.329 e. The van der Waals surface area contributed by atoms with Gasteiger partial charge in [0.25, 0.3) is 5.91 Å². The zero-order valence-corrected chi connectivity index (χ0v) is 23.5. The average molecular weight is 571 g/mol. The number of anilines is 1. The summed E-state index contributed by atoms with van der Waals surface area (Å²) >= 11 is 0. The second-order valence-electron chi connectivity index (χ2n) is 12.7. The maximum absolute atomic E-state index is 12.5. The quantitative estimate of drug-likeness (QED) is 0.292. The van der Waals surface area contributed by atoms with Gasteiger partial charge in [-0.25, -0.2) is 4.79 Å². The van der Waals surface area contributed by atoms with Gasteiger partial charge in [0.05, 0.1) is 17.5 Å². The molecule has 1 aromatic rings. The van der Waals surface area contributed by atoms with Crippen LogP contribution in [-0.2, 0) is 14.4 Å². The number of fused-ring (bicyclic) bond motifs is 5. The fraction of sp³-hybridized carbons (Fsp3) is 0.633. The van der Waals surface area contributed by atoms with Gasteiger partial charge in [-0.15, -0.1) is 0 Å². The van der Waals surface area contributed by atoms with Gasteiger partial charge < -0.3 is 35.9 Å². The van der Waals surface area contributed by atoms with Crippen molar-refractivity contribution < 1.29 is 35.0 Å². The van der Waals surface area contributed by atoms with Gasteiger partial charge >= 0.3 is 5.97 Å². The highest BCUT2D eigenvalue weighted by molar-refractivity contribution is 5.96. The lowest BCUT2D eigenvalue weighted by Crippen LogP contribution is -2.51. The van der Waals surface area contributed by atoms with Crippen molar-refractivity contribution in [3.63, 3.8) is 0 Å². The van der Waals surface area contributed by atoms with Crippen molar-refractivity contribution in [2.45, 2.75) is 83.5 Å². The zero-order chi connectivity index (χ0) is 29.5. The van der Waals surface area contributed by atoms with Crippen LogP contribution < -0.4 is 10.5 Å². The molecule has 4 aliphatic rings. The summed E-state index contributed by atoms with van der Waals surface area (Å²) in [5.74, 6) is -0.447. The van der Waals surface area contributed by atoms with Gasteiger partial charge in [0.1, 0.15) is 6.10 Å². The highest BCUT2D eigenvalue weighted by Gasteiger charge is 2.58. The van der Waals surface area contributed by atoms with Crippen LogP contribution in [0.25, 0.3) is 0 Å². The van der Waals surface area contributed by atoms with Crippen LogP contribution in [0.4, 0.5) is 5.69 Å². The first-order valence-electron chi connectivity index (χ1n) is 14.5. The number of carbonyl (C=O) groups is 2. The second-order valence-corrected chi connectivity index (χ2v) is 12.7. The van der Waals surface area contributed by atoms with Crippen LogP contribution >= 0.6 is 0 Å². The molecule has 1 amide bonds. The van der Waals surface area contributed by atoms with Crippen molar-refractivity contribution in [3.8, 4) is 0 Å². The molecule has 0 saturated heterocycles. The summed E-state index contributed by atoms with van der Waals surface area (Å²) in [6.07, 6.45) is 8.22. The highest BCUT2D eigenvalue weighted by atomic mass is 16.8. The number of carboxylic acids is 1. The van der Waals surface area contributed by atoms with Gasteiger partial charge in [-0.05, 0) is 104 Å². The Bertz CT molecular complexity index is 1230. The monoisotopic (exact) mass is 570 g/mol. The molecular weight excluding hydrogens is 530 g/mol. The Morgan fingerprint density at radius 2 is 1.95 bits per heavy atom. The summed E-state index contributed by atoms with van der Waals surface area (Å²) in [4.78, 5) is 29.5. The molecule has 8 atom stereocenters. The maximum Gasteiger partial charge on any atom is 0.329 e. The molecule has 0 heterocycles. The van der Waals surface area contributed by atoms with E-state index in [4.69, 9.17) is 10.0 Å². The number of hydrogen-bond donors (Lipinski definition) is 5. The average Bonchev–Trinajstić information content (AvgIpc) is 3.25. The second kappa shape index (κ2) is 11.4. The summed E-state index contributed by atoms with van der Waals surface area (Å²) in [7, 11) is 0. The van der Waals surface area contributed by atoms with Gasteiger partial charge in [-0.1, -0.05) is 36.7 Å². The van der Waals surface area contributed by atoms with Gasteiger partial charge in [0.15, 0.2) is 12.6 Å². The Morgan fingerprint density at radius 3 is 2.68 bits per heavy atom. The van der Waals surface area contributed by atoms with Gasteiger partial charge in [-0.3, -0.25) is 10.0 Å². The lowest BCUT2D eigenvalue weighted by Gasteiger charge is -2.57. The lowest BCUT2D eigenvalue weighted by atomic mass is 9.47. The number of oxime groups is 1. The van der Waals surface area contributed by atoms with Crippen molar-refractivity contribution in [2.75, 3.05) is 11.8 Å². The molecule has 5 rings (SSSR count). The first-order valence-corrected chi connectivity index (χ1v) is 14.5. The number of amides is 1. The number of carbonyl (C=O) groups excluding carboxylic acids is 1. The van der Waals surface area contributed by atoms with Gasteiger partial charge in [0.2, 0.25) is 0 Å². The van der Waals surface area contributed by atoms with Crippen LogP contribution in [0.5, 0.6) is 0 Å². The van der Waals surface area contributed by atoms with E-state index in [9.17, 15) is 30.1 Å². The SMILES string of the molecule is C[C@]12CC[C@@H]3[C@@H](CCC4=CC(=NOCC(=O)N[C@H](C(=O)O)[C@H](O)c5cccc(N([O-])O)c5)CC[C@@]43C)[C@@H]1CC[C@@H]2O. The van der Waals surface area contributed by atoms with Crippen molar-refractivity contribution in [2.24, 2.45) is 33.7 Å². The third-order valence-electron chi connectivity index (χ3n) is 10.6. The van der Waals surface area contributed by atoms with E-state index in [1.807, 2.05) is 0 Å². The minimum Gasteiger partial charge on any atom is -0.733 e. The van der Waals surface area contributed by atoms with E-state index in [2.05, 4.69) is 30.4 Å². The van der Waals surface area contributed by atoms with Crippen LogP contribution in [0.2, 0.25) is 0 Å². The zero-order valence-electron chi connectivity index (χ0n) is 23.5. The number of aliphatic hydroxyl groups excluding tert-OH is 2. The molecule has 4 aliphatic carbocycles. The van der Waals surface area contributed by atoms with Crippen molar-refractivity contribution in [1.82, 2.24) is 5.32 Å². The first kappa shape index (κ1) is 29.5. The molecule has 0 aliphatic heterocycles. The predicted molar refractivity (Wildman–Crippen MR) is 150 cm³/mol. The fourth-order valence-corrected chi connectivity index (χ4v) is 8.30. The van der Waals surface area contributed by atoms with E-state index in [0.29, 0.717) is 24.2 Å². The molecule has 3 saturated carbocycles. The van der Waals surface area contributed by atoms with E-state index in [0.717, 1.165) is 56.7 Å². The number of carboxylic acid groups (broad SMARTS) is 1. The predicted octanol–water partition coefficient (Wildman–Crippen LogP) is 3.68. The number of allylic oxidation sites excluding steroid dienone is 2. The standard InChI is InChI=1S/C30H40N3O8/c1-29-12-10-19(15-18(29)6-7-21-22-8-9-24(34)30(22,2)13-11-23(21)29)32-41-16-25(35)31-26(28(37)38)27(36)17-4-3-5-20(14-17)33(39)40/h3-5,14-15,21-24,26-27,34,36,39H,6-13,16H2,1-2H3,(H,31,35)(H,37,38)/q-1/t21-,22-,23+,24-,26-,27+,29-,30-/m0/s1. The Balaban J connectivity index is 1.19. The third kappa shape index (κ3) is 5.48. The van der Waals surface area contributed by atoms with E-state index >= 15 is 0 Å². The highest BCUT2D eigenvalue weighted by Crippen LogP contribution is 2.65. The molecular formula is C30H40N3O8-. The largest absolute Gasteiger partial charge is 0.733 e. The van der Waals surface area contributed by atoms with Crippen molar-refractivity contribution in [1.29, 1.82) is 0 Å². The number of nitrogens with zero attached hydrogens (tertiary/aromatic N) is 2. The summed E-state index contributed by atoms with van der Waals surface area (Å²) in [5.41, 5.74) is 2.10. The molecule has 0 radical (unpaired) electrons. The van der Waals surface area contributed by atoms with Crippen LogP contribution in [-0.4, -0.2) is 56.9 Å². The number of benzene rings is 1. The molecule has 0 aromatic heterocycles. The summed E-state index contributed by atoms with van der Waals surface area (Å²) in [5, 5.41) is 57.0. The van der Waals surface area contributed by atoms with Gasteiger partial charge in [0, 0.05) is 0 Å².